The van der Waals surface area contributed by atoms with Gasteiger partial charge in [-0.05, 0) is 53.1 Å². The molecule has 0 fully saturated rings. The normalized spacial score (nSPS) is 13.6. The first-order chi connectivity index (χ1) is 10.5. The van der Waals surface area contributed by atoms with Crippen LogP contribution in [0, 0.1) is 0 Å². The van der Waals surface area contributed by atoms with Crippen molar-refractivity contribution in [2.75, 3.05) is 39.6 Å². The van der Waals surface area contributed by atoms with Gasteiger partial charge in [0.05, 0.1) is 26.4 Å². The van der Waals surface area contributed by atoms with Gasteiger partial charge in [0.2, 0.25) is 0 Å². The van der Waals surface area contributed by atoms with Crippen molar-refractivity contribution in [1.82, 2.24) is 0 Å². The van der Waals surface area contributed by atoms with E-state index in [2.05, 4.69) is 0 Å². The fraction of sp³-hybridized carbons (Fsp3) is 1.00. The Hall–Kier alpha value is 0.411. The van der Waals surface area contributed by atoms with Crippen LogP contribution in [0.2, 0.25) is 39.3 Å². The largest absolute Gasteiger partial charge is 0.415 e. The first kappa shape index (κ1) is 23.4. The molecule has 0 unspecified atom stereocenters. The van der Waals surface area contributed by atoms with E-state index in [4.69, 9.17) is 26.6 Å². The minimum Gasteiger partial charge on any atom is -0.415 e. The van der Waals surface area contributed by atoms with E-state index in [0.717, 1.165) is 0 Å². The number of rotatable bonds is 14. The van der Waals surface area contributed by atoms with Crippen molar-refractivity contribution < 1.29 is 26.6 Å². The molecule has 0 bridgehead atoms. The van der Waals surface area contributed by atoms with Gasteiger partial charge >= 0.3 is 25.7 Å². The molecule has 0 aromatic carbocycles. The lowest BCUT2D eigenvalue weighted by molar-refractivity contribution is 0.0919. The van der Waals surface area contributed by atoms with Crippen LogP contribution in [0.3, 0.4) is 0 Å². The van der Waals surface area contributed by atoms with Crippen molar-refractivity contribution >= 4 is 25.7 Å². The first-order valence-electron chi connectivity index (χ1n) is 8.37. The van der Waals surface area contributed by atoms with E-state index in [-0.39, 0.29) is 0 Å². The van der Waals surface area contributed by atoms with E-state index >= 15 is 0 Å². The molecule has 9 heteroatoms. The molecule has 140 valence electrons. The summed E-state index contributed by atoms with van der Waals surface area (Å²) in [6.45, 7) is 19.9. The summed E-state index contributed by atoms with van der Waals surface area (Å²) in [5.41, 5.74) is 0. The summed E-state index contributed by atoms with van der Waals surface area (Å²) < 4.78 is 34.9. The van der Waals surface area contributed by atoms with Gasteiger partial charge in [0.25, 0.3) is 0 Å². The number of ether oxygens (including phenoxy) is 2. The summed E-state index contributed by atoms with van der Waals surface area (Å²) in [7, 11) is -6.79. The average Bonchev–Trinajstić information content (AvgIpc) is 2.37. The minimum atomic E-state index is -2.32. The third-order valence-corrected chi connectivity index (χ3v) is 12.4. The van der Waals surface area contributed by atoms with Crippen LogP contribution in [0.5, 0.6) is 0 Å². The maximum atomic E-state index is 6.27. The topological polar surface area (TPSA) is 55.4 Å². The Morgan fingerprint density at radius 3 is 1.17 bits per heavy atom. The molecule has 0 N–H and O–H groups in total. The van der Waals surface area contributed by atoms with E-state index in [1.54, 1.807) is 0 Å². The fourth-order valence-electron chi connectivity index (χ4n) is 2.25. The maximum absolute atomic E-state index is 6.27. The van der Waals surface area contributed by atoms with E-state index in [1.807, 2.05) is 53.1 Å². The molecule has 0 aromatic heterocycles. The molecule has 0 spiro atoms. The van der Waals surface area contributed by atoms with Gasteiger partial charge in [-0.15, -0.1) is 0 Å². The summed E-state index contributed by atoms with van der Waals surface area (Å²) >= 11 is 0. The highest BCUT2D eigenvalue weighted by molar-refractivity contribution is 6.84. The van der Waals surface area contributed by atoms with Crippen LogP contribution in [0.25, 0.3) is 0 Å². The molecule has 0 saturated heterocycles. The van der Waals surface area contributed by atoms with E-state index in [0.29, 0.717) is 39.6 Å². The molecule has 0 heterocycles. The van der Waals surface area contributed by atoms with Crippen LogP contribution in [0.1, 0.15) is 13.8 Å². The lowest BCUT2D eigenvalue weighted by Gasteiger charge is -2.37. The Kier molecular flexibility index (Phi) is 11.3. The second-order valence-electron chi connectivity index (χ2n) is 6.49. The van der Waals surface area contributed by atoms with E-state index in [9.17, 15) is 0 Å². The number of hydrogen-bond acceptors (Lipinski definition) is 6. The molecule has 0 aliphatic rings. The molecule has 0 aliphatic heterocycles. The SMILES string of the molecule is CCOCCO[Si](C)(C)O[Si](C)(C)O[Si](C)(C)OCCOCC. The summed E-state index contributed by atoms with van der Waals surface area (Å²) in [5, 5.41) is 0. The second-order valence-corrected chi connectivity index (χ2v) is 17.1. The van der Waals surface area contributed by atoms with Gasteiger partial charge in [-0.2, -0.15) is 0 Å². The van der Waals surface area contributed by atoms with Crippen molar-refractivity contribution in [3.05, 3.63) is 0 Å². The molecule has 0 amide bonds. The third-order valence-electron chi connectivity index (χ3n) is 2.75. The highest BCUT2D eigenvalue weighted by atomic mass is 28.5. The zero-order chi connectivity index (χ0) is 18.0. The van der Waals surface area contributed by atoms with Crippen LogP contribution in [-0.4, -0.2) is 65.3 Å². The summed E-state index contributed by atoms with van der Waals surface area (Å²) in [6.07, 6.45) is 0. The molecule has 23 heavy (non-hydrogen) atoms. The van der Waals surface area contributed by atoms with E-state index < -0.39 is 25.7 Å². The van der Waals surface area contributed by atoms with Crippen LogP contribution >= 0.6 is 0 Å². The van der Waals surface area contributed by atoms with Crippen LogP contribution in [-0.2, 0) is 26.6 Å². The van der Waals surface area contributed by atoms with Gasteiger partial charge < -0.3 is 26.6 Å². The average molecular weight is 385 g/mol. The van der Waals surface area contributed by atoms with Crippen molar-refractivity contribution in [2.24, 2.45) is 0 Å². The standard InChI is InChI=1S/C14H36O6Si3/c1-9-15-11-13-17-21(3,4)19-23(7,8)20-22(5,6)18-14-12-16-10-2/h9-14H2,1-8H3. The first-order valence-corrected chi connectivity index (χ1v) is 16.8. The summed E-state index contributed by atoms with van der Waals surface area (Å²) in [6, 6.07) is 0. The molecular formula is C14H36O6Si3. The minimum absolute atomic E-state index is 0.559. The van der Waals surface area contributed by atoms with Gasteiger partial charge in [-0.1, -0.05) is 0 Å². The Labute approximate surface area is 145 Å². The quantitative estimate of drug-likeness (QED) is 0.338. The molecule has 0 rings (SSSR count). The van der Waals surface area contributed by atoms with E-state index in [1.165, 1.54) is 0 Å². The van der Waals surface area contributed by atoms with Crippen molar-refractivity contribution in [2.45, 2.75) is 53.1 Å². The lowest BCUT2D eigenvalue weighted by Crippen LogP contribution is -2.54. The molecule has 0 atom stereocenters. The zero-order valence-corrected chi connectivity index (χ0v) is 19.2. The van der Waals surface area contributed by atoms with Gasteiger partial charge in [0, 0.05) is 13.2 Å². The van der Waals surface area contributed by atoms with Gasteiger partial charge in [0.15, 0.2) is 0 Å². The van der Waals surface area contributed by atoms with Gasteiger partial charge in [-0.25, -0.2) is 0 Å². The molecule has 0 radical (unpaired) electrons. The van der Waals surface area contributed by atoms with Gasteiger partial charge in [-0.3, -0.25) is 0 Å². The van der Waals surface area contributed by atoms with Crippen molar-refractivity contribution in [3.63, 3.8) is 0 Å². The van der Waals surface area contributed by atoms with Gasteiger partial charge in [0.1, 0.15) is 0 Å². The van der Waals surface area contributed by atoms with Crippen molar-refractivity contribution in [3.8, 4) is 0 Å². The molecule has 0 aliphatic carbocycles. The zero-order valence-electron chi connectivity index (χ0n) is 16.2. The van der Waals surface area contributed by atoms with Crippen LogP contribution in [0.4, 0.5) is 0 Å². The maximum Gasteiger partial charge on any atom is 0.323 e. The highest BCUT2D eigenvalue weighted by Gasteiger charge is 2.41. The monoisotopic (exact) mass is 384 g/mol. The van der Waals surface area contributed by atoms with Crippen molar-refractivity contribution in [1.29, 1.82) is 0 Å². The fourth-order valence-corrected chi connectivity index (χ4v) is 13.9. The predicted molar refractivity (Wildman–Crippen MR) is 99.5 cm³/mol. The Bertz CT molecular complexity index is 285. The third kappa shape index (κ3) is 13.4. The van der Waals surface area contributed by atoms with Crippen LogP contribution < -0.4 is 0 Å². The summed E-state index contributed by atoms with van der Waals surface area (Å²) in [5.74, 6) is 0. The Balaban J connectivity index is 4.31. The number of hydrogen-bond donors (Lipinski definition) is 0. The Morgan fingerprint density at radius 1 is 0.522 bits per heavy atom. The molecule has 0 saturated carbocycles. The van der Waals surface area contributed by atoms with Crippen LogP contribution in [0.15, 0.2) is 0 Å². The predicted octanol–water partition coefficient (Wildman–Crippen LogP) is 3.23. The molecule has 6 nitrogen and oxygen atoms in total. The second kappa shape index (κ2) is 11.1. The summed E-state index contributed by atoms with van der Waals surface area (Å²) in [4.78, 5) is 0. The smallest absolute Gasteiger partial charge is 0.323 e. The molecule has 0 aromatic rings. The molecular weight excluding hydrogens is 348 g/mol. The highest BCUT2D eigenvalue weighted by Crippen LogP contribution is 2.21. The lowest BCUT2D eigenvalue weighted by atomic mass is 10.8. The Morgan fingerprint density at radius 2 is 0.870 bits per heavy atom.